The summed E-state index contributed by atoms with van der Waals surface area (Å²) in [6, 6.07) is 65.6. The lowest BCUT2D eigenvalue weighted by atomic mass is 9.93. The second kappa shape index (κ2) is 13.3. The lowest BCUT2D eigenvalue weighted by Crippen LogP contribution is -2.00. The average molecular weight is 734 g/mol. The van der Waals surface area contributed by atoms with Crippen molar-refractivity contribution in [2.75, 3.05) is 0 Å². The number of nitrogens with zero attached hydrogens (tertiary/aromatic N) is 3. The summed E-state index contributed by atoms with van der Waals surface area (Å²) in [5, 5.41) is 4.74. The number of furan rings is 1. The maximum Gasteiger partial charge on any atom is 0.164 e. The predicted molar refractivity (Wildman–Crippen MR) is 233 cm³/mol. The third-order valence-corrected chi connectivity index (χ3v) is 11.7. The van der Waals surface area contributed by atoms with Gasteiger partial charge in [-0.25, -0.2) is 15.0 Å². The summed E-state index contributed by atoms with van der Waals surface area (Å²) < 4.78 is 9.23. The van der Waals surface area contributed by atoms with Crippen LogP contribution in [0.3, 0.4) is 0 Å². The fraction of sp³-hybridized carbons (Fsp3) is 0. The molecule has 8 aromatic carbocycles. The third kappa shape index (κ3) is 5.48. The molecule has 0 saturated heterocycles. The highest BCUT2D eigenvalue weighted by Gasteiger charge is 2.19. The van der Waals surface area contributed by atoms with Crippen molar-refractivity contribution >= 4 is 53.4 Å². The molecule has 0 aliphatic heterocycles. The number of aromatic nitrogens is 3. The molecule has 11 aromatic rings. The number of benzene rings is 8. The zero-order chi connectivity index (χ0) is 37.0. The molecule has 0 atom stereocenters. The molecule has 0 amide bonds. The maximum atomic E-state index is 6.66. The van der Waals surface area contributed by atoms with Gasteiger partial charge in [0.1, 0.15) is 11.2 Å². The van der Waals surface area contributed by atoms with Gasteiger partial charge in [-0.2, -0.15) is 0 Å². The number of fused-ring (bicyclic) bond motifs is 6. The predicted octanol–water partition coefficient (Wildman–Crippen LogP) is 14.1. The van der Waals surface area contributed by atoms with Gasteiger partial charge in [-0.05, 0) is 69.8 Å². The van der Waals surface area contributed by atoms with Crippen molar-refractivity contribution in [2.45, 2.75) is 0 Å². The molecule has 3 heterocycles. The molecule has 0 fully saturated rings. The molecule has 0 radical (unpaired) electrons. The van der Waals surface area contributed by atoms with Crippen LogP contribution < -0.4 is 0 Å². The van der Waals surface area contributed by atoms with Gasteiger partial charge in [0, 0.05) is 47.6 Å². The van der Waals surface area contributed by atoms with E-state index in [1.54, 1.807) is 0 Å². The molecule has 0 aliphatic carbocycles. The van der Waals surface area contributed by atoms with Crippen LogP contribution >= 0.6 is 11.3 Å². The Morgan fingerprint density at radius 2 is 0.786 bits per heavy atom. The van der Waals surface area contributed by atoms with Crippen molar-refractivity contribution in [3.8, 4) is 67.5 Å². The van der Waals surface area contributed by atoms with E-state index in [1.807, 2.05) is 72.0 Å². The van der Waals surface area contributed by atoms with Crippen LogP contribution in [-0.4, -0.2) is 15.0 Å². The number of hydrogen-bond donors (Lipinski definition) is 0. The second-order valence-electron chi connectivity index (χ2n) is 13.9. The Hall–Kier alpha value is -7.21. The van der Waals surface area contributed by atoms with Crippen LogP contribution in [0.5, 0.6) is 0 Å². The molecule has 0 aliphatic rings. The minimum atomic E-state index is 0.624. The molecule has 0 unspecified atom stereocenters. The first-order valence-electron chi connectivity index (χ1n) is 18.7. The van der Waals surface area contributed by atoms with Gasteiger partial charge in [0.15, 0.2) is 17.5 Å². The molecule has 5 heteroatoms. The van der Waals surface area contributed by atoms with Crippen LogP contribution in [0.4, 0.5) is 0 Å². The van der Waals surface area contributed by atoms with Crippen LogP contribution in [0.2, 0.25) is 0 Å². The van der Waals surface area contributed by atoms with Crippen molar-refractivity contribution in [3.63, 3.8) is 0 Å². The van der Waals surface area contributed by atoms with E-state index in [4.69, 9.17) is 19.4 Å². The highest BCUT2D eigenvalue weighted by Crippen LogP contribution is 2.45. The van der Waals surface area contributed by atoms with Crippen LogP contribution in [-0.2, 0) is 0 Å². The summed E-state index contributed by atoms with van der Waals surface area (Å²) in [5.74, 6) is 1.90. The van der Waals surface area contributed by atoms with Gasteiger partial charge < -0.3 is 4.42 Å². The van der Waals surface area contributed by atoms with E-state index in [2.05, 4.69) is 127 Å². The Bertz CT molecular complexity index is 3180. The zero-order valence-corrected chi connectivity index (χ0v) is 30.9. The van der Waals surface area contributed by atoms with E-state index < -0.39 is 0 Å². The van der Waals surface area contributed by atoms with Gasteiger partial charge in [-0.3, -0.25) is 0 Å². The van der Waals surface area contributed by atoms with E-state index in [9.17, 15) is 0 Å². The summed E-state index contributed by atoms with van der Waals surface area (Å²) in [7, 11) is 0. The molecule has 0 spiro atoms. The van der Waals surface area contributed by atoms with Gasteiger partial charge in [-0.1, -0.05) is 152 Å². The van der Waals surface area contributed by atoms with Gasteiger partial charge in [-0.15, -0.1) is 11.3 Å². The van der Waals surface area contributed by atoms with Gasteiger partial charge in [0.2, 0.25) is 0 Å². The van der Waals surface area contributed by atoms with Crippen molar-refractivity contribution in [3.05, 3.63) is 188 Å². The Balaban J connectivity index is 1.04. The molecule has 0 N–H and O–H groups in total. The summed E-state index contributed by atoms with van der Waals surface area (Å²) in [6.45, 7) is 0. The number of thiophene rings is 1. The lowest BCUT2D eigenvalue weighted by molar-refractivity contribution is 0.669. The van der Waals surface area contributed by atoms with Crippen molar-refractivity contribution in [2.24, 2.45) is 0 Å². The van der Waals surface area contributed by atoms with Crippen LogP contribution in [0.15, 0.2) is 192 Å². The molecule has 3 aromatic heterocycles. The second-order valence-corrected chi connectivity index (χ2v) is 15.0. The first kappa shape index (κ1) is 32.2. The summed E-state index contributed by atoms with van der Waals surface area (Å²) in [4.78, 5) is 14.9. The van der Waals surface area contributed by atoms with Crippen LogP contribution in [0.1, 0.15) is 0 Å². The fourth-order valence-corrected chi connectivity index (χ4v) is 9.12. The Morgan fingerprint density at radius 3 is 1.41 bits per heavy atom. The first-order valence-corrected chi connectivity index (χ1v) is 19.5. The van der Waals surface area contributed by atoms with Crippen LogP contribution in [0, 0.1) is 0 Å². The molecule has 0 bridgehead atoms. The summed E-state index contributed by atoms with van der Waals surface area (Å²) in [6.07, 6.45) is 0. The quantitative estimate of drug-likeness (QED) is 0.171. The first-order chi connectivity index (χ1) is 27.7. The van der Waals surface area contributed by atoms with Crippen molar-refractivity contribution < 1.29 is 4.42 Å². The Kier molecular flexibility index (Phi) is 7.64. The highest BCUT2D eigenvalue weighted by molar-refractivity contribution is 7.26. The maximum absolute atomic E-state index is 6.66. The highest BCUT2D eigenvalue weighted by atomic mass is 32.1. The molecule has 56 heavy (non-hydrogen) atoms. The van der Waals surface area contributed by atoms with E-state index in [-0.39, 0.29) is 0 Å². The molecular weight excluding hydrogens is 703 g/mol. The molecule has 0 saturated carbocycles. The Morgan fingerprint density at radius 1 is 0.321 bits per heavy atom. The monoisotopic (exact) mass is 733 g/mol. The van der Waals surface area contributed by atoms with Gasteiger partial charge in [0.25, 0.3) is 0 Å². The molecule has 262 valence electrons. The largest absolute Gasteiger partial charge is 0.456 e. The van der Waals surface area contributed by atoms with Gasteiger partial charge >= 0.3 is 0 Å². The molecule has 4 nitrogen and oxygen atoms in total. The minimum absolute atomic E-state index is 0.624. The minimum Gasteiger partial charge on any atom is -0.456 e. The number of hydrogen-bond acceptors (Lipinski definition) is 5. The van der Waals surface area contributed by atoms with Crippen molar-refractivity contribution in [1.29, 1.82) is 0 Å². The fourth-order valence-electron chi connectivity index (χ4n) is 7.96. The van der Waals surface area contributed by atoms with E-state index in [0.29, 0.717) is 17.5 Å². The summed E-state index contributed by atoms with van der Waals surface area (Å²) in [5.41, 5.74) is 11.5. The Labute approximate surface area is 327 Å². The SMILES string of the molecule is c1ccc(-c2nc(-c3ccccc3)nc(-c3cccc(-c4cccc5oc6cc(-c7cccc8sc9cccc(-c%10ccccc%10)c9c78)ccc6c45)c3)n2)cc1. The zero-order valence-electron chi connectivity index (χ0n) is 30.1. The van der Waals surface area contributed by atoms with E-state index in [0.717, 1.165) is 55.3 Å². The van der Waals surface area contributed by atoms with Gasteiger partial charge in [0.05, 0.1) is 0 Å². The van der Waals surface area contributed by atoms with Crippen molar-refractivity contribution in [1.82, 2.24) is 15.0 Å². The standard InChI is InChI=1S/C51H31N3OS/c1-4-14-32(15-5-1)38-23-12-26-44-47(38)48-40(24-13-27-45(48)56-44)36-28-29-41-43(31-36)55-42-25-11-22-39(46(41)42)35-20-10-21-37(30-35)51-53-49(33-16-6-2-7-17-33)52-50(54-51)34-18-8-3-9-19-34/h1-31H. The lowest BCUT2D eigenvalue weighted by Gasteiger charge is -2.10. The normalized spacial score (nSPS) is 11.6. The van der Waals surface area contributed by atoms with Crippen LogP contribution in [0.25, 0.3) is 110 Å². The topological polar surface area (TPSA) is 51.8 Å². The number of rotatable bonds is 6. The third-order valence-electron chi connectivity index (χ3n) is 10.5. The summed E-state index contributed by atoms with van der Waals surface area (Å²) >= 11 is 1.85. The average Bonchev–Trinajstić information content (AvgIpc) is 3.86. The molecule has 11 rings (SSSR count). The van der Waals surface area contributed by atoms with E-state index in [1.165, 1.54) is 36.9 Å². The smallest absolute Gasteiger partial charge is 0.164 e. The van der Waals surface area contributed by atoms with E-state index >= 15 is 0 Å². The molecular formula is C51H31N3OS.